The van der Waals surface area contributed by atoms with Crippen LogP contribution in [0.2, 0.25) is 10.0 Å². The second kappa shape index (κ2) is 9.09. The fourth-order valence-corrected chi connectivity index (χ4v) is 4.53. The molecule has 0 spiro atoms. The number of fused-ring (bicyclic) bond motifs is 2. The van der Waals surface area contributed by atoms with Crippen LogP contribution in [0, 0.1) is 0 Å². The standard InChI is InChI=1S/C27H14BrCl2N3O3/c28-17-6-9-24-16(11-17)13-25(36-24)26-32-22-4-2-1-3-19(22)27(34)33(26)31-14-18-7-10-23(35-18)15-5-8-20(29)21(30)12-15/h1-14H. The lowest BCUT2D eigenvalue weighted by Gasteiger charge is -2.06. The normalized spacial score (nSPS) is 11.8. The minimum Gasteiger partial charge on any atom is -0.455 e. The maximum atomic E-state index is 13.4. The third-order valence-corrected chi connectivity index (χ3v) is 6.82. The van der Waals surface area contributed by atoms with Gasteiger partial charge in [-0.1, -0.05) is 51.3 Å². The van der Waals surface area contributed by atoms with E-state index in [1.165, 1.54) is 10.9 Å². The van der Waals surface area contributed by atoms with Gasteiger partial charge in [-0.25, -0.2) is 4.98 Å². The number of aromatic nitrogens is 2. The molecule has 0 amide bonds. The predicted molar refractivity (Wildman–Crippen MR) is 146 cm³/mol. The first-order chi connectivity index (χ1) is 17.5. The van der Waals surface area contributed by atoms with Crippen molar-refractivity contribution in [2.24, 2.45) is 5.10 Å². The van der Waals surface area contributed by atoms with Gasteiger partial charge in [-0.15, -0.1) is 0 Å². The molecule has 0 unspecified atom stereocenters. The van der Waals surface area contributed by atoms with E-state index in [-0.39, 0.29) is 11.4 Å². The summed E-state index contributed by atoms with van der Waals surface area (Å²) in [6.07, 6.45) is 1.46. The molecule has 0 fully saturated rings. The number of furan rings is 2. The SMILES string of the molecule is O=c1c2ccccc2nc(-c2cc3cc(Br)ccc3o2)n1N=Cc1ccc(-c2ccc(Cl)c(Cl)c2)o1. The lowest BCUT2D eigenvalue weighted by atomic mass is 10.2. The number of para-hydroxylation sites is 1. The zero-order chi connectivity index (χ0) is 24.8. The van der Waals surface area contributed by atoms with Crippen molar-refractivity contribution in [3.8, 4) is 22.9 Å². The van der Waals surface area contributed by atoms with E-state index in [1.54, 1.807) is 42.5 Å². The Morgan fingerprint density at radius 1 is 0.889 bits per heavy atom. The van der Waals surface area contributed by atoms with Crippen molar-refractivity contribution in [3.63, 3.8) is 0 Å². The maximum absolute atomic E-state index is 13.4. The highest BCUT2D eigenvalue weighted by molar-refractivity contribution is 9.10. The highest BCUT2D eigenvalue weighted by Crippen LogP contribution is 2.31. The topological polar surface area (TPSA) is 73.5 Å². The van der Waals surface area contributed by atoms with Crippen LogP contribution in [0.5, 0.6) is 0 Å². The van der Waals surface area contributed by atoms with Gasteiger partial charge >= 0.3 is 0 Å². The van der Waals surface area contributed by atoms with E-state index in [0.29, 0.717) is 43.8 Å². The van der Waals surface area contributed by atoms with Crippen molar-refractivity contribution in [1.82, 2.24) is 9.66 Å². The zero-order valence-electron chi connectivity index (χ0n) is 18.3. The quantitative estimate of drug-likeness (QED) is 0.198. The van der Waals surface area contributed by atoms with Crippen LogP contribution >= 0.6 is 39.1 Å². The van der Waals surface area contributed by atoms with Crippen molar-refractivity contribution in [3.05, 3.63) is 109 Å². The molecule has 6 rings (SSSR count). The van der Waals surface area contributed by atoms with Crippen LogP contribution in [0.15, 0.2) is 102 Å². The molecule has 0 atom stereocenters. The molecule has 0 saturated heterocycles. The molecule has 6 aromatic rings. The molecule has 3 aromatic heterocycles. The summed E-state index contributed by atoms with van der Waals surface area (Å²) >= 11 is 15.6. The first-order valence-electron chi connectivity index (χ1n) is 10.8. The summed E-state index contributed by atoms with van der Waals surface area (Å²) in [5, 5.41) is 6.63. The molecule has 0 aliphatic carbocycles. The molecule has 176 valence electrons. The summed E-state index contributed by atoms with van der Waals surface area (Å²) in [4.78, 5) is 18.1. The number of nitrogens with zero attached hydrogens (tertiary/aromatic N) is 3. The van der Waals surface area contributed by atoms with Crippen molar-refractivity contribution in [1.29, 1.82) is 0 Å². The molecule has 36 heavy (non-hydrogen) atoms. The zero-order valence-corrected chi connectivity index (χ0v) is 21.4. The molecular weight excluding hydrogens is 565 g/mol. The molecule has 0 radical (unpaired) electrons. The summed E-state index contributed by atoms with van der Waals surface area (Å²) in [6, 6.07) is 23.4. The van der Waals surface area contributed by atoms with Gasteiger partial charge in [0.15, 0.2) is 5.76 Å². The van der Waals surface area contributed by atoms with E-state index >= 15 is 0 Å². The van der Waals surface area contributed by atoms with Crippen LogP contribution in [0.25, 0.3) is 44.8 Å². The van der Waals surface area contributed by atoms with E-state index in [9.17, 15) is 4.79 Å². The summed E-state index contributed by atoms with van der Waals surface area (Å²) < 4.78 is 14.1. The lowest BCUT2D eigenvalue weighted by molar-refractivity contribution is 0.573. The molecule has 0 saturated carbocycles. The largest absolute Gasteiger partial charge is 0.455 e. The van der Waals surface area contributed by atoms with Crippen molar-refractivity contribution < 1.29 is 8.83 Å². The van der Waals surface area contributed by atoms with Gasteiger partial charge in [-0.3, -0.25) is 4.79 Å². The highest BCUT2D eigenvalue weighted by atomic mass is 79.9. The fraction of sp³-hybridized carbons (Fsp3) is 0. The van der Waals surface area contributed by atoms with Gasteiger partial charge in [0, 0.05) is 15.4 Å². The monoisotopic (exact) mass is 577 g/mol. The first kappa shape index (κ1) is 22.8. The molecule has 0 aliphatic heterocycles. The Balaban J connectivity index is 1.46. The number of hydrogen-bond donors (Lipinski definition) is 0. The van der Waals surface area contributed by atoms with Crippen molar-refractivity contribution in [2.75, 3.05) is 0 Å². The second-order valence-corrected chi connectivity index (χ2v) is 9.67. The Kier molecular flexibility index (Phi) is 5.76. The van der Waals surface area contributed by atoms with Gasteiger partial charge in [-0.2, -0.15) is 9.78 Å². The Hall–Kier alpha value is -3.65. The Bertz CT molecular complexity index is 1870. The molecule has 0 bridgehead atoms. The number of benzene rings is 3. The van der Waals surface area contributed by atoms with Crippen LogP contribution in [-0.4, -0.2) is 15.9 Å². The van der Waals surface area contributed by atoms with Gasteiger partial charge in [0.1, 0.15) is 17.1 Å². The molecular formula is C27H14BrCl2N3O3. The molecule has 0 N–H and O–H groups in total. The van der Waals surface area contributed by atoms with Crippen LogP contribution < -0.4 is 5.56 Å². The molecule has 0 aliphatic rings. The predicted octanol–water partition coefficient (Wildman–Crippen LogP) is 8.02. The van der Waals surface area contributed by atoms with Crippen LogP contribution in [0.4, 0.5) is 0 Å². The van der Waals surface area contributed by atoms with E-state index in [2.05, 4.69) is 21.0 Å². The smallest absolute Gasteiger partial charge is 0.282 e. The van der Waals surface area contributed by atoms with E-state index in [1.807, 2.05) is 36.4 Å². The minimum absolute atomic E-state index is 0.276. The van der Waals surface area contributed by atoms with E-state index in [4.69, 9.17) is 37.0 Å². The van der Waals surface area contributed by atoms with Crippen LogP contribution in [0.1, 0.15) is 5.76 Å². The first-order valence-corrected chi connectivity index (χ1v) is 12.3. The average molecular weight is 579 g/mol. The molecule has 9 heteroatoms. The fourth-order valence-electron chi connectivity index (χ4n) is 3.86. The molecule has 6 nitrogen and oxygen atoms in total. The van der Waals surface area contributed by atoms with Gasteiger partial charge in [0.2, 0.25) is 5.82 Å². The third kappa shape index (κ3) is 4.15. The Morgan fingerprint density at radius 3 is 2.61 bits per heavy atom. The van der Waals surface area contributed by atoms with Gasteiger partial charge in [-0.05, 0) is 66.7 Å². The molecule has 3 aromatic carbocycles. The Morgan fingerprint density at radius 2 is 1.75 bits per heavy atom. The van der Waals surface area contributed by atoms with Crippen molar-refractivity contribution >= 4 is 67.2 Å². The summed E-state index contributed by atoms with van der Waals surface area (Å²) in [7, 11) is 0. The third-order valence-electron chi connectivity index (χ3n) is 5.58. The van der Waals surface area contributed by atoms with Crippen LogP contribution in [0.3, 0.4) is 0 Å². The maximum Gasteiger partial charge on any atom is 0.282 e. The van der Waals surface area contributed by atoms with E-state index < -0.39 is 0 Å². The molecule has 3 heterocycles. The number of hydrogen-bond acceptors (Lipinski definition) is 5. The number of rotatable bonds is 4. The summed E-state index contributed by atoms with van der Waals surface area (Å²) in [5.74, 6) is 1.72. The van der Waals surface area contributed by atoms with Gasteiger partial charge in [0.05, 0.1) is 27.2 Å². The second-order valence-electron chi connectivity index (χ2n) is 7.94. The summed E-state index contributed by atoms with van der Waals surface area (Å²) in [6.45, 7) is 0. The Labute approximate surface area is 222 Å². The average Bonchev–Trinajstić information content (AvgIpc) is 3.52. The number of halogens is 3. The van der Waals surface area contributed by atoms with Gasteiger partial charge in [0.25, 0.3) is 5.56 Å². The minimum atomic E-state index is -0.329. The van der Waals surface area contributed by atoms with Crippen molar-refractivity contribution in [2.45, 2.75) is 0 Å². The summed E-state index contributed by atoms with van der Waals surface area (Å²) in [5.41, 5.74) is 1.65. The highest BCUT2D eigenvalue weighted by Gasteiger charge is 2.17. The lowest BCUT2D eigenvalue weighted by Crippen LogP contribution is -2.20. The van der Waals surface area contributed by atoms with Gasteiger partial charge < -0.3 is 8.83 Å². The van der Waals surface area contributed by atoms with E-state index in [0.717, 1.165) is 15.4 Å². The van der Waals surface area contributed by atoms with Crippen LogP contribution in [-0.2, 0) is 0 Å².